The highest BCUT2D eigenvalue weighted by Gasteiger charge is 2.32. The predicted molar refractivity (Wildman–Crippen MR) is 112 cm³/mol. The lowest BCUT2D eigenvalue weighted by atomic mass is 9.91. The van der Waals surface area contributed by atoms with Crippen molar-refractivity contribution in [3.8, 4) is 0 Å². The van der Waals surface area contributed by atoms with Gasteiger partial charge in [0.15, 0.2) is 0 Å². The highest BCUT2D eigenvalue weighted by molar-refractivity contribution is 5.92. The minimum absolute atomic E-state index is 0.106. The van der Waals surface area contributed by atoms with Crippen molar-refractivity contribution in [3.05, 3.63) is 30.1 Å². The molecular formula is C22H33FN4O2. The van der Waals surface area contributed by atoms with E-state index in [1.54, 1.807) is 12.1 Å². The van der Waals surface area contributed by atoms with Crippen molar-refractivity contribution in [2.45, 2.75) is 33.2 Å². The number of amides is 2. The van der Waals surface area contributed by atoms with Crippen molar-refractivity contribution in [2.24, 2.45) is 11.8 Å². The molecule has 2 aliphatic rings. The average Bonchev–Trinajstić information content (AvgIpc) is 2.68. The molecule has 3 atom stereocenters. The third-order valence-electron chi connectivity index (χ3n) is 5.99. The molecule has 2 heterocycles. The number of benzene rings is 1. The maximum Gasteiger partial charge on any atom is 0.239 e. The number of hydrogen-bond acceptors (Lipinski definition) is 4. The first kappa shape index (κ1) is 21.7. The summed E-state index contributed by atoms with van der Waals surface area (Å²) in [5, 5.41) is 2.80. The summed E-state index contributed by atoms with van der Waals surface area (Å²) in [5.74, 6) is 0.922. The minimum Gasteiger partial charge on any atom is -0.341 e. The van der Waals surface area contributed by atoms with Crippen LogP contribution in [0.1, 0.15) is 27.2 Å². The van der Waals surface area contributed by atoms with Gasteiger partial charge in [0.1, 0.15) is 5.82 Å². The van der Waals surface area contributed by atoms with Crippen LogP contribution in [0.5, 0.6) is 0 Å². The first-order chi connectivity index (χ1) is 13.8. The van der Waals surface area contributed by atoms with E-state index in [1.165, 1.54) is 18.6 Å². The van der Waals surface area contributed by atoms with E-state index in [1.807, 2.05) is 11.8 Å². The summed E-state index contributed by atoms with van der Waals surface area (Å²) in [7, 11) is 0. The topological polar surface area (TPSA) is 55.9 Å². The zero-order valence-electron chi connectivity index (χ0n) is 17.7. The standard InChI is InChI=1S/C22H33FN4O2/c1-16-12-17(2)14-27(13-16)22(29)18(3)26-10-8-25(9-11-26)15-21(28)24-20-6-4-19(23)5-7-20/h4-7,16-18H,8-15H2,1-3H3,(H,24,28)/t16-,17-,18+/m0/s1. The monoisotopic (exact) mass is 404 g/mol. The Labute approximate surface area is 173 Å². The van der Waals surface area contributed by atoms with Gasteiger partial charge in [-0.1, -0.05) is 13.8 Å². The third kappa shape index (κ3) is 6.00. The van der Waals surface area contributed by atoms with Gasteiger partial charge in [-0.15, -0.1) is 0 Å². The Morgan fingerprint density at radius 2 is 1.66 bits per heavy atom. The first-order valence-corrected chi connectivity index (χ1v) is 10.6. The SMILES string of the molecule is C[C@H]1C[C@H](C)CN(C(=O)[C@@H](C)N2CCN(CC(=O)Nc3ccc(F)cc3)CC2)C1. The quantitative estimate of drug-likeness (QED) is 0.818. The third-order valence-corrected chi connectivity index (χ3v) is 5.99. The van der Waals surface area contributed by atoms with Gasteiger partial charge >= 0.3 is 0 Å². The number of nitrogens with zero attached hydrogens (tertiary/aromatic N) is 3. The molecule has 0 aromatic heterocycles. The van der Waals surface area contributed by atoms with Gasteiger partial charge in [0.2, 0.25) is 11.8 Å². The molecule has 2 aliphatic heterocycles. The van der Waals surface area contributed by atoms with Crippen LogP contribution in [0, 0.1) is 17.7 Å². The second-order valence-electron chi connectivity index (χ2n) is 8.73. The molecule has 2 saturated heterocycles. The highest BCUT2D eigenvalue weighted by atomic mass is 19.1. The van der Waals surface area contributed by atoms with E-state index in [2.05, 4.69) is 29.0 Å². The van der Waals surface area contributed by atoms with Gasteiger partial charge in [0.25, 0.3) is 0 Å². The van der Waals surface area contributed by atoms with Gasteiger partial charge < -0.3 is 10.2 Å². The van der Waals surface area contributed by atoms with E-state index >= 15 is 0 Å². The average molecular weight is 405 g/mol. The smallest absolute Gasteiger partial charge is 0.239 e. The summed E-state index contributed by atoms with van der Waals surface area (Å²) >= 11 is 0. The molecular weight excluding hydrogens is 371 g/mol. The molecule has 1 aromatic carbocycles. The number of anilines is 1. The lowest BCUT2D eigenvalue weighted by molar-refractivity contribution is -0.140. The number of carbonyl (C=O) groups excluding carboxylic acids is 2. The summed E-state index contributed by atoms with van der Waals surface area (Å²) < 4.78 is 13.0. The number of carbonyl (C=O) groups is 2. The van der Waals surface area contributed by atoms with Gasteiger partial charge in [-0.2, -0.15) is 0 Å². The predicted octanol–water partition coefficient (Wildman–Crippen LogP) is 2.27. The van der Waals surface area contributed by atoms with E-state index in [0.29, 0.717) is 24.1 Å². The number of piperazine rings is 1. The molecule has 0 spiro atoms. The van der Waals surface area contributed by atoms with Crippen LogP contribution in [0.25, 0.3) is 0 Å². The molecule has 6 nitrogen and oxygen atoms in total. The zero-order chi connectivity index (χ0) is 21.0. The van der Waals surface area contributed by atoms with E-state index in [0.717, 1.165) is 39.3 Å². The molecule has 2 amide bonds. The van der Waals surface area contributed by atoms with Crippen LogP contribution in [0.3, 0.4) is 0 Å². The van der Waals surface area contributed by atoms with Crippen LogP contribution in [0.2, 0.25) is 0 Å². The second kappa shape index (κ2) is 9.67. The largest absolute Gasteiger partial charge is 0.341 e. The highest BCUT2D eigenvalue weighted by Crippen LogP contribution is 2.22. The van der Waals surface area contributed by atoms with Crippen LogP contribution in [-0.2, 0) is 9.59 Å². The molecule has 29 heavy (non-hydrogen) atoms. The summed E-state index contributed by atoms with van der Waals surface area (Å²) in [6.07, 6.45) is 1.19. The Morgan fingerprint density at radius 3 is 2.24 bits per heavy atom. The van der Waals surface area contributed by atoms with Crippen LogP contribution in [0.4, 0.5) is 10.1 Å². The van der Waals surface area contributed by atoms with E-state index in [4.69, 9.17) is 0 Å². The lowest BCUT2D eigenvalue weighted by Crippen LogP contribution is -2.56. The molecule has 160 valence electrons. The normalized spacial score (nSPS) is 24.9. The Balaban J connectivity index is 1.44. The van der Waals surface area contributed by atoms with Crippen molar-refractivity contribution in [2.75, 3.05) is 51.1 Å². The molecule has 1 N–H and O–H groups in total. The fourth-order valence-corrected chi connectivity index (χ4v) is 4.51. The lowest BCUT2D eigenvalue weighted by Gasteiger charge is -2.41. The van der Waals surface area contributed by atoms with E-state index in [9.17, 15) is 14.0 Å². The molecule has 0 aliphatic carbocycles. The number of hydrogen-bond donors (Lipinski definition) is 1. The number of likely N-dealkylation sites (tertiary alicyclic amines) is 1. The summed E-state index contributed by atoms with van der Waals surface area (Å²) in [4.78, 5) is 31.5. The number of nitrogens with one attached hydrogen (secondary N) is 1. The maximum atomic E-state index is 13.0. The molecule has 0 radical (unpaired) electrons. The molecule has 1 aromatic rings. The van der Waals surface area contributed by atoms with Crippen LogP contribution >= 0.6 is 0 Å². The van der Waals surface area contributed by atoms with Crippen molar-refractivity contribution in [3.63, 3.8) is 0 Å². The van der Waals surface area contributed by atoms with E-state index in [-0.39, 0.29) is 23.7 Å². The first-order valence-electron chi connectivity index (χ1n) is 10.6. The van der Waals surface area contributed by atoms with Crippen molar-refractivity contribution in [1.82, 2.24) is 14.7 Å². The van der Waals surface area contributed by atoms with Crippen molar-refractivity contribution >= 4 is 17.5 Å². The fraction of sp³-hybridized carbons (Fsp3) is 0.636. The van der Waals surface area contributed by atoms with Gasteiger partial charge in [-0.05, 0) is 49.4 Å². The van der Waals surface area contributed by atoms with E-state index < -0.39 is 0 Å². The molecule has 3 rings (SSSR count). The van der Waals surface area contributed by atoms with Gasteiger partial charge in [-0.3, -0.25) is 19.4 Å². The minimum atomic E-state index is -0.323. The Bertz CT molecular complexity index is 693. The Kier molecular flexibility index (Phi) is 7.24. The molecule has 0 saturated carbocycles. The van der Waals surface area contributed by atoms with Crippen molar-refractivity contribution in [1.29, 1.82) is 0 Å². The zero-order valence-corrected chi connectivity index (χ0v) is 17.7. The Morgan fingerprint density at radius 1 is 1.07 bits per heavy atom. The number of halogens is 1. The molecule has 0 unspecified atom stereocenters. The summed E-state index contributed by atoms with van der Waals surface area (Å²) in [5.41, 5.74) is 0.597. The summed E-state index contributed by atoms with van der Waals surface area (Å²) in [6.45, 7) is 11.5. The van der Waals surface area contributed by atoms with Crippen molar-refractivity contribution < 1.29 is 14.0 Å². The second-order valence-corrected chi connectivity index (χ2v) is 8.73. The molecule has 7 heteroatoms. The Hall–Kier alpha value is -1.99. The molecule has 0 bridgehead atoms. The van der Waals surface area contributed by atoms with Gasteiger partial charge in [0, 0.05) is 45.0 Å². The van der Waals surface area contributed by atoms with Crippen LogP contribution in [-0.4, -0.2) is 78.4 Å². The van der Waals surface area contributed by atoms with Gasteiger partial charge in [0.05, 0.1) is 12.6 Å². The van der Waals surface area contributed by atoms with Crippen LogP contribution < -0.4 is 5.32 Å². The molecule has 2 fully saturated rings. The van der Waals surface area contributed by atoms with Gasteiger partial charge in [-0.25, -0.2) is 4.39 Å². The van der Waals surface area contributed by atoms with Crippen LogP contribution in [0.15, 0.2) is 24.3 Å². The maximum absolute atomic E-state index is 13.0. The fourth-order valence-electron chi connectivity index (χ4n) is 4.51. The number of piperidine rings is 1. The summed E-state index contributed by atoms with van der Waals surface area (Å²) in [6, 6.07) is 5.65. The number of rotatable bonds is 5.